The monoisotopic (exact) mass is 283 g/mol. The number of anilines is 1. The van der Waals surface area contributed by atoms with E-state index in [1.807, 2.05) is 0 Å². The van der Waals surface area contributed by atoms with Crippen molar-refractivity contribution in [2.45, 2.75) is 52.4 Å². The Hall–Kier alpha value is -1.77. The summed E-state index contributed by atoms with van der Waals surface area (Å²) in [7, 11) is 0. The van der Waals surface area contributed by atoms with Crippen molar-refractivity contribution in [3.63, 3.8) is 0 Å². The van der Waals surface area contributed by atoms with Crippen LogP contribution in [0.1, 0.15) is 55.3 Å². The molecule has 3 nitrogen and oxygen atoms in total. The normalized spacial score (nSPS) is 22.4. The highest BCUT2D eigenvalue weighted by Gasteiger charge is 2.25. The highest BCUT2D eigenvalue weighted by atomic mass is 15.2. The van der Waals surface area contributed by atoms with E-state index in [4.69, 9.17) is 5.73 Å². The maximum atomic E-state index is 6.15. The van der Waals surface area contributed by atoms with E-state index in [0.29, 0.717) is 11.7 Å². The van der Waals surface area contributed by atoms with Gasteiger partial charge in [-0.25, -0.2) is 0 Å². The van der Waals surface area contributed by atoms with E-state index in [1.165, 1.54) is 48.1 Å². The number of nitrogens with one attached hydrogen (secondary N) is 1. The molecule has 3 N–H and O–H groups in total. The first-order valence-electron chi connectivity index (χ1n) is 7.97. The molecule has 21 heavy (non-hydrogen) atoms. The minimum atomic E-state index is 0.572. The number of nitrogens with zero attached hydrogens (tertiary/aromatic N) is 1. The number of aryl methyl sites for hydroxylation is 2. The van der Waals surface area contributed by atoms with Crippen LogP contribution < -0.4 is 5.73 Å². The van der Waals surface area contributed by atoms with E-state index >= 15 is 0 Å². The number of nitrogen functional groups attached to an aromatic ring is 1. The fraction of sp³-hybridized carbons (Fsp3) is 0.500. The summed E-state index contributed by atoms with van der Waals surface area (Å²) >= 11 is 0. The van der Waals surface area contributed by atoms with Crippen LogP contribution >= 0.6 is 0 Å². The summed E-state index contributed by atoms with van der Waals surface area (Å²) in [6.45, 7) is 6.64. The highest BCUT2D eigenvalue weighted by Crippen LogP contribution is 2.41. The third-order valence-electron chi connectivity index (χ3n) is 5.04. The molecule has 1 saturated carbocycles. The first-order chi connectivity index (χ1) is 10.1. The van der Waals surface area contributed by atoms with Gasteiger partial charge in [0.15, 0.2) is 5.82 Å². The predicted octanol–water partition coefficient (Wildman–Crippen LogP) is 4.57. The van der Waals surface area contributed by atoms with Crippen molar-refractivity contribution in [2.24, 2.45) is 5.92 Å². The molecule has 0 amide bonds. The summed E-state index contributed by atoms with van der Waals surface area (Å²) in [5.74, 6) is 2.06. The zero-order valence-corrected chi connectivity index (χ0v) is 13.2. The summed E-state index contributed by atoms with van der Waals surface area (Å²) < 4.78 is 0. The average Bonchev–Trinajstić information content (AvgIpc) is 2.85. The van der Waals surface area contributed by atoms with Crippen LogP contribution in [-0.4, -0.2) is 10.2 Å². The molecule has 0 aliphatic heterocycles. The molecule has 1 aliphatic carbocycles. The number of benzene rings is 1. The van der Waals surface area contributed by atoms with Crippen LogP contribution in [0.4, 0.5) is 5.82 Å². The fourth-order valence-corrected chi connectivity index (χ4v) is 3.41. The van der Waals surface area contributed by atoms with Crippen molar-refractivity contribution in [3.05, 3.63) is 35.0 Å². The molecule has 0 radical (unpaired) electrons. The molecule has 1 aromatic heterocycles. The van der Waals surface area contributed by atoms with Crippen molar-refractivity contribution in [3.8, 4) is 11.1 Å². The number of hydrogen-bond acceptors (Lipinski definition) is 2. The smallest absolute Gasteiger partial charge is 0.153 e. The molecular weight excluding hydrogens is 258 g/mol. The summed E-state index contributed by atoms with van der Waals surface area (Å²) in [6, 6.07) is 6.56. The van der Waals surface area contributed by atoms with Gasteiger partial charge in [0.1, 0.15) is 0 Å². The second-order valence-electron chi connectivity index (χ2n) is 6.65. The van der Waals surface area contributed by atoms with E-state index in [1.54, 1.807) is 0 Å². The van der Waals surface area contributed by atoms with Gasteiger partial charge in [-0.15, -0.1) is 0 Å². The van der Waals surface area contributed by atoms with Gasteiger partial charge in [0, 0.05) is 17.2 Å². The molecule has 1 aliphatic rings. The third kappa shape index (κ3) is 2.69. The minimum absolute atomic E-state index is 0.572. The molecule has 3 heteroatoms. The van der Waals surface area contributed by atoms with E-state index in [-0.39, 0.29) is 0 Å². The summed E-state index contributed by atoms with van der Waals surface area (Å²) in [6.07, 6.45) is 5.08. The molecule has 0 atom stereocenters. The molecule has 1 fully saturated rings. The molecule has 0 unspecified atom stereocenters. The van der Waals surface area contributed by atoms with Crippen LogP contribution in [0.3, 0.4) is 0 Å². The topological polar surface area (TPSA) is 54.7 Å². The Bertz CT molecular complexity index is 634. The van der Waals surface area contributed by atoms with E-state index in [2.05, 4.69) is 49.2 Å². The molecule has 0 bridgehead atoms. The Morgan fingerprint density at radius 1 is 1.10 bits per heavy atom. The Morgan fingerprint density at radius 2 is 1.81 bits per heavy atom. The first-order valence-corrected chi connectivity index (χ1v) is 7.97. The van der Waals surface area contributed by atoms with Gasteiger partial charge in [0.25, 0.3) is 0 Å². The lowest BCUT2D eigenvalue weighted by Gasteiger charge is -2.26. The quantitative estimate of drug-likeness (QED) is 0.848. The van der Waals surface area contributed by atoms with Crippen molar-refractivity contribution in [1.29, 1.82) is 0 Å². The Labute approximate surface area is 127 Å². The summed E-state index contributed by atoms with van der Waals surface area (Å²) in [5, 5.41) is 7.51. The van der Waals surface area contributed by atoms with Gasteiger partial charge < -0.3 is 5.73 Å². The summed E-state index contributed by atoms with van der Waals surface area (Å²) in [5.41, 5.74) is 12.3. The summed E-state index contributed by atoms with van der Waals surface area (Å²) in [4.78, 5) is 0. The number of aromatic amines is 1. The number of hydrogen-bond donors (Lipinski definition) is 2. The third-order valence-corrected chi connectivity index (χ3v) is 5.04. The fourth-order valence-electron chi connectivity index (χ4n) is 3.41. The van der Waals surface area contributed by atoms with E-state index in [9.17, 15) is 0 Å². The number of H-pyrrole nitrogens is 1. The van der Waals surface area contributed by atoms with Crippen LogP contribution in [0.5, 0.6) is 0 Å². The van der Waals surface area contributed by atoms with Gasteiger partial charge in [-0.1, -0.05) is 38.0 Å². The van der Waals surface area contributed by atoms with E-state index in [0.717, 1.165) is 11.5 Å². The van der Waals surface area contributed by atoms with Gasteiger partial charge in [-0.3, -0.25) is 5.10 Å². The molecule has 0 saturated heterocycles. The van der Waals surface area contributed by atoms with Crippen LogP contribution in [0.15, 0.2) is 18.2 Å². The zero-order chi connectivity index (χ0) is 15.0. The molecular formula is C18H25N3. The zero-order valence-electron chi connectivity index (χ0n) is 13.2. The first kappa shape index (κ1) is 14.2. The minimum Gasteiger partial charge on any atom is -0.382 e. The van der Waals surface area contributed by atoms with Gasteiger partial charge in [-0.2, -0.15) is 5.10 Å². The molecule has 1 aromatic carbocycles. The van der Waals surface area contributed by atoms with Crippen molar-refractivity contribution in [2.75, 3.05) is 5.73 Å². The van der Waals surface area contributed by atoms with Crippen LogP contribution in [0.2, 0.25) is 0 Å². The van der Waals surface area contributed by atoms with Crippen LogP contribution in [0, 0.1) is 19.8 Å². The lowest BCUT2D eigenvalue weighted by molar-refractivity contribution is 0.344. The van der Waals surface area contributed by atoms with Gasteiger partial charge in [-0.05, 0) is 49.3 Å². The van der Waals surface area contributed by atoms with Gasteiger partial charge >= 0.3 is 0 Å². The molecule has 3 rings (SSSR count). The SMILES string of the molecule is Cc1ccc(-c2c(N)n[nH]c2C2CCC(C)CC2)cc1C. The highest BCUT2D eigenvalue weighted by molar-refractivity contribution is 5.77. The molecule has 1 heterocycles. The van der Waals surface area contributed by atoms with Crippen LogP contribution in [0.25, 0.3) is 11.1 Å². The predicted molar refractivity (Wildman–Crippen MR) is 88.3 cm³/mol. The Morgan fingerprint density at radius 3 is 2.48 bits per heavy atom. The number of aromatic nitrogens is 2. The lowest BCUT2D eigenvalue weighted by Crippen LogP contribution is -2.12. The van der Waals surface area contributed by atoms with Crippen molar-refractivity contribution in [1.82, 2.24) is 10.2 Å². The van der Waals surface area contributed by atoms with Crippen molar-refractivity contribution < 1.29 is 0 Å². The molecule has 112 valence electrons. The van der Waals surface area contributed by atoms with Gasteiger partial charge in [0.2, 0.25) is 0 Å². The maximum absolute atomic E-state index is 6.15. The van der Waals surface area contributed by atoms with E-state index < -0.39 is 0 Å². The number of rotatable bonds is 2. The standard InChI is InChI=1S/C18H25N3/c1-11-4-7-14(8-5-11)17-16(18(19)21-20-17)15-9-6-12(2)13(3)10-15/h6,9-11,14H,4-5,7-8H2,1-3H3,(H3,19,20,21). The van der Waals surface area contributed by atoms with Crippen LogP contribution in [-0.2, 0) is 0 Å². The molecule has 0 spiro atoms. The average molecular weight is 283 g/mol. The second kappa shape index (κ2) is 5.55. The largest absolute Gasteiger partial charge is 0.382 e. The Kier molecular flexibility index (Phi) is 3.75. The Balaban J connectivity index is 1.98. The maximum Gasteiger partial charge on any atom is 0.153 e. The van der Waals surface area contributed by atoms with Crippen molar-refractivity contribution >= 4 is 5.82 Å². The molecule has 2 aromatic rings. The number of nitrogens with two attached hydrogens (primary N) is 1. The van der Waals surface area contributed by atoms with Gasteiger partial charge in [0.05, 0.1) is 0 Å². The second-order valence-corrected chi connectivity index (χ2v) is 6.65. The lowest BCUT2D eigenvalue weighted by atomic mass is 9.80.